The fraction of sp³-hybridized carbons (Fsp3) is 0.458. The van der Waals surface area contributed by atoms with Crippen LogP contribution in [0.2, 0.25) is 0 Å². The van der Waals surface area contributed by atoms with Crippen LogP contribution in [-0.2, 0) is 6.54 Å². The van der Waals surface area contributed by atoms with Crippen LogP contribution in [0, 0.1) is 5.82 Å². The molecule has 178 valence electrons. The standard InChI is InChI=1S/C24H26FN5O4/c25-18-11-28-19-1-2-22(31)30-17(14-34-24(18)23(19)30)13-29-5-3-15(4-6-29)26-10-16-9-20-21(12-27-16)33-8-7-32-20/h1-2,9,11-12,15,17,26H,3-8,10,13-14H2/t17-/m0/s1. The molecule has 3 aliphatic heterocycles. The molecular formula is C24H26FN5O4. The van der Waals surface area contributed by atoms with Crippen molar-refractivity contribution in [1.29, 1.82) is 0 Å². The summed E-state index contributed by atoms with van der Waals surface area (Å²) in [4.78, 5) is 23.6. The average molecular weight is 468 g/mol. The summed E-state index contributed by atoms with van der Waals surface area (Å²) in [6, 6.07) is 5.26. The van der Waals surface area contributed by atoms with Gasteiger partial charge in [-0.2, -0.15) is 0 Å². The minimum Gasteiger partial charge on any atom is -0.486 e. The van der Waals surface area contributed by atoms with Crippen molar-refractivity contribution in [2.75, 3.05) is 39.5 Å². The van der Waals surface area contributed by atoms with Gasteiger partial charge in [0, 0.05) is 31.3 Å². The maximum absolute atomic E-state index is 14.2. The highest BCUT2D eigenvalue weighted by Crippen LogP contribution is 2.33. The summed E-state index contributed by atoms with van der Waals surface area (Å²) in [5.41, 5.74) is 1.79. The Kier molecular flexibility index (Phi) is 5.54. The second-order valence-corrected chi connectivity index (χ2v) is 8.95. The van der Waals surface area contributed by atoms with Gasteiger partial charge in [0.2, 0.25) is 0 Å². The zero-order valence-electron chi connectivity index (χ0n) is 18.7. The normalized spacial score (nSPS) is 20.3. The van der Waals surface area contributed by atoms with E-state index in [-0.39, 0.29) is 24.0 Å². The predicted molar refractivity (Wildman–Crippen MR) is 122 cm³/mol. The highest BCUT2D eigenvalue weighted by molar-refractivity contribution is 5.82. The van der Waals surface area contributed by atoms with E-state index in [1.807, 2.05) is 6.07 Å². The lowest BCUT2D eigenvalue weighted by Crippen LogP contribution is -2.46. The summed E-state index contributed by atoms with van der Waals surface area (Å²) in [7, 11) is 0. The van der Waals surface area contributed by atoms with Crippen LogP contribution in [-0.4, -0.2) is 64.9 Å². The summed E-state index contributed by atoms with van der Waals surface area (Å²) >= 11 is 0. The van der Waals surface area contributed by atoms with Gasteiger partial charge in [0.25, 0.3) is 5.56 Å². The van der Waals surface area contributed by atoms with Crippen LogP contribution >= 0.6 is 0 Å². The molecule has 3 aliphatic rings. The number of ether oxygens (including phenoxy) is 3. The first-order valence-corrected chi connectivity index (χ1v) is 11.7. The van der Waals surface area contributed by atoms with Gasteiger partial charge in [-0.15, -0.1) is 0 Å². The third-order valence-corrected chi connectivity index (χ3v) is 6.75. The molecule has 1 saturated heterocycles. The number of pyridine rings is 3. The summed E-state index contributed by atoms with van der Waals surface area (Å²) in [5.74, 6) is 1.04. The monoisotopic (exact) mass is 467 g/mol. The van der Waals surface area contributed by atoms with E-state index in [9.17, 15) is 9.18 Å². The van der Waals surface area contributed by atoms with E-state index in [1.165, 1.54) is 6.07 Å². The number of likely N-dealkylation sites (tertiary alicyclic amines) is 1. The summed E-state index contributed by atoms with van der Waals surface area (Å²) < 4.78 is 32.8. The van der Waals surface area contributed by atoms with Gasteiger partial charge < -0.3 is 24.4 Å². The lowest BCUT2D eigenvalue weighted by Gasteiger charge is -2.36. The van der Waals surface area contributed by atoms with Crippen LogP contribution in [0.5, 0.6) is 17.2 Å². The topological polar surface area (TPSA) is 90.7 Å². The van der Waals surface area contributed by atoms with Crippen molar-refractivity contribution in [2.24, 2.45) is 0 Å². The Hall–Kier alpha value is -3.24. The number of hydrogen-bond acceptors (Lipinski definition) is 8. The molecule has 10 heteroatoms. The van der Waals surface area contributed by atoms with Crippen molar-refractivity contribution in [3.05, 3.63) is 52.5 Å². The molecule has 0 spiro atoms. The molecule has 3 aromatic rings. The highest BCUT2D eigenvalue weighted by atomic mass is 19.1. The molecule has 1 N–H and O–H groups in total. The van der Waals surface area contributed by atoms with Crippen molar-refractivity contribution >= 4 is 11.0 Å². The Morgan fingerprint density at radius 2 is 1.88 bits per heavy atom. The quantitative estimate of drug-likeness (QED) is 0.609. The van der Waals surface area contributed by atoms with Gasteiger partial charge >= 0.3 is 0 Å². The molecule has 6 rings (SSSR count). The Balaban J connectivity index is 1.07. The lowest BCUT2D eigenvalue weighted by atomic mass is 10.0. The first-order valence-electron chi connectivity index (χ1n) is 11.7. The number of fused-ring (bicyclic) bond motifs is 1. The zero-order valence-corrected chi connectivity index (χ0v) is 18.7. The average Bonchev–Trinajstić information content (AvgIpc) is 2.87. The molecular weight excluding hydrogens is 441 g/mol. The van der Waals surface area contributed by atoms with Crippen molar-refractivity contribution < 1.29 is 18.6 Å². The van der Waals surface area contributed by atoms with Crippen molar-refractivity contribution in [1.82, 2.24) is 24.8 Å². The molecule has 0 amide bonds. The van der Waals surface area contributed by atoms with Crippen LogP contribution in [0.3, 0.4) is 0 Å². The minimum atomic E-state index is -0.537. The van der Waals surface area contributed by atoms with E-state index in [0.29, 0.717) is 49.1 Å². The molecule has 34 heavy (non-hydrogen) atoms. The maximum atomic E-state index is 14.2. The zero-order chi connectivity index (χ0) is 23.1. The third-order valence-electron chi connectivity index (χ3n) is 6.75. The van der Waals surface area contributed by atoms with Crippen LogP contribution < -0.4 is 25.1 Å². The molecule has 0 saturated carbocycles. The third kappa shape index (κ3) is 3.97. The van der Waals surface area contributed by atoms with Crippen molar-refractivity contribution in [3.8, 4) is 17.2 Å². The van der Waals surface area contributed by atoms with Crippen LogP contribution in [0.1, 0.15) is 24.6 Å². The molecule has 0 unspecified atom stereocenters. The van der Waals surface area contributed by atoms with Gasteiger partial charge in [-0.25, -0.2) is 4.39 Å². The van der Waals surface area contributed by atoms with E-state index in [0.717, 1.165) is 43.6 Å². The first-order chi connectivity index (χ1) is 16.7. The number of nitrogens with one attached hydrogen (secondary N) is 1. The summed E-state index contributed by atoms with van der Waals surface area (Å²) in [6.45, 7) is 4.54. The minimum absolute atomic E-state index is 0.120. The molecule has 6 heterocycles. The second kappa shape index (κ2) is 8.84. The Bertz CT molecular complexity index is 1270. The SMILES string of the molecule is O=c1ccc2ncc(F)c3c2n1[C@@H](CN1CCC(NCc2cc4c(cn2)OCCO4)CC1)CO3. The maximum Gasteiger partial charge on any atom is 0.251 e. The predicted octanol–water partition coefficient (Wildman–Crippen LogP) is 1.89. The summed E-state index contributed by atoms with van der Waals surface area (Å²) in [6.07, 6.45) is 4.85. The van der Waals surface area contributed by atoms with Gasteiger partial charge in [-0.1, -0.05) is 0 Å². The van der Waals surface area contributed by atoms with Crippen molar-refractivity contribution in [3.63, 3.8) is 0 Å². The molecule has 9 nitrogen and oxygen atoms in total. The molecule has 3 aromatic heterocycles. The number of rotatable bonds is 5. The first kappa shape index (κ1) is 21.3. The smallest absolute Gasteiger partial charge is 0.251 e. The van der Waals surface area contributed by atoms with Crippen molar-refractivity contribution in [2.45, 2.75) is 31.5 Å². The fourth-order valence-corrected chi connectivity index (χ4v) is 5.01. The summed E-state index contributed by atoms with van der Waals surface area (Å²) in [5, 5.41) is 3.60. The van der Waals surface area contributed by atoms with Gasteiger partial charge in [-0.3, -0.25) is 19.3 Å². The number of hydrogen-bond donors (Lipinski definition) is 1. The Morgan fingerprint density at radius 1 is 1.06 bits per heavy atom. The molecule has 0 aromatic carbocycles. The number of halogens is 1. The van der Waals surface area contributed by atoms with Gasteiger partial charge in [-0.05, 0) is 32.0 Å². The van der Waals surface area contributed by atoms with E-state index in [2.05, 4.69) is 20.2 Å². The van der Waals surface area contributed by atoms with Gasteiger partial charge in [0.1, 0.15) is 25.3 Å². The van der Waals surface area contributed by atoms with E-state index < -0.39 is 5.82 Å². The number of nitrogens with zero attached hydrogens (tertiary/aromatic N) is 4. The second-order valence-electron chi connectivity index (χ2n) is 8.95. The highest BCUT2D eigenvalue weighted by Gasteiger charge is 2.29. The van der Waals surface area contributed by atoms with E-state index in [4.69, 9.17) is 14.2 Å². The van der Waals surface area contributed by atoms with E-state index in [1.54, 1.807) is 16.8 Å². The molecule has 0 radical (unpaired) electrons. The molecule has 0 bridgehead atoms. The Morgan fingerprint density at radius 3 is 2.74 bits per heavy atom. The van der Waals surface area contributed by atoms with Crippen LogP contribution in [0.15, 0.2) is 35.4 Å². The Labute approximate surface area is 195 Å². The van der Waals surface area contributed by atoms with Gasteiger partial charge in [0.05, 0.1) is 29.6 Å². The number of aromatic nitrogens is 3. The van der Waals surface area contributed by atoms with E-state index >= 15 is 0 Å². The molecule has 1 fully saturated rings. The fourth-order valence-electron chi connectivity index (χ4n) is 5.01. The van der Waals surface area contributed by atoms with Gasteiger partial charge in [0.15, 0.2) is 23.1 Å². The van der Waals surface area contributed by atoms with Crippen LogP contribution in [0.25, 0.3) is 11.0 Å². The molecule has 0 aliphatic carbocycles. The molecule has 1 atom stereocenters. The van der Waals surface area contributed by atoms with Crippen LogP contribution in [0.4, 0.5) is 4.39 Å². The largest absolute Gasteiger partial charge is 0.486 e. The lowest BCUT2D eigenvalue weighted by molar-refractivity contribution is 0.137. The number of piperidine rings is 1.